The molecule has 0 aromatic heterocycles. The SMILES string of the molecule is C[C@]12C=C(Cl)C(=O)C=C1CC[C@@H]1[C@@H]2C(=O)C[C@@]2(C)[C@H]1CC[C@]2(O)C(=O)CO. The molecule has 0 saturated heterocycles. The third kappa shape index (κ3) is 2.28. The van der Waals surface area contributed by atoms with E-state index in [4.69, 9.17) is 11.6 Å². The summed E-state index contributed by atoms with van der Waals surface area (Å²) in [6.07, 6.45) is 5.81. The number of fused-ring (bicyclic) bond motifs is 5. The molecule has 5 nitrogen and oxygen atoms in total. The molecule has 0 aromatic rings. The first-order valence-electron chi connectivity index (χ1n) is 9.61. The Hall–Kier alpha value is -1.30. The van der Waals surface area contributed by atoms with Crippen LogP contribution in [-0.2, 0) is 14.4 Å². The third-order valence-electron chi connectivity index (χ3n) is 8.07. The number of rotatable bonds is 2. The van der Waals surface area contributed by atoms with E-state index in [2.05, 4.69) is 0 Å². The summed E-state index contributed by atoms with van der Waals surface area (Å²) in [7, 11) is 0. The average molecular weight is 393 g/mol. The molecule has 3 fully saturated rings. The molecule has 146 valence electrons. The van der Waals surface area contributed by atoms with Crippen LogP contribution < -0.4 is 0 Å². The normalized spacial score (nSPS) is 46.2. The Morgan fingerprint density at radius 3 is 2.67 bits per heavy atom. The van der Waals surface area contributed by atoms with E-state index in [-0.39, 0.29) is 47.2 Å². The predicted octanol–water partition coefficient (Wildman–Crippen LogP) is 2.33. The van der Waals surface area contributed by atoms with Crippen LogP contribution in [0.1, 0.15) is 46.0 Å². The van der Waals surface area contributed by atoms with Gasteiger partial charge in [0.05, 0.1) is 5.03 Å². The Kier molecular flexibility index (Phi) is 4.12. The zero-order valence-corrected chi connectivity index (χ0v) is 16.4. The molecule has 0 unspecified atom stereocenters. The molecule has 0 amide bonds. The molecule has 4 aliphatic rings. The number of Topliss-reactive ketones (excluding diaryl/α,β-unsaturated/α-hetero) is 2. The molecule has 6 atom stereocenters. The molecule has 4 aliphatic carbocycles. The standard InChI is InChI=1S/C21H25ClO5/c1-19-8-14(22)15(24)7-11(19)3-4-12-13-5-6-21(27,17(26)10-23)20(13,2)9-16(25)18(12)19/h7-8,12-13,18,23,27H,3-6,9-10H2,1-2H3/t12-,13-,18+,19-,20-,21-/m0/s1. The topological polar surface area (TPSA) is 91.7 Å². The zero-order chi connectivity index (χ0) is 19.8. The van der Waals surface area contributed by atoms with Crippen LogP contribution in [0, 0.1) is 28.6 Å². The van der Waals surface area contributed by atoms with Crippen LogP contribution >= 0.6 is 11.6 Å². The molecule has 0 aromatic carbocycles. The van der Waals surface area contributed by atoms with Crippen LogP contribution in [0.25, 0.3) is 0 Å². The second kappa shape index (κ2) is 5.85. The summed E-state index contributed by atoms with van der Waals surface area (Å²) in [6, 6.07) is 0. The minimum absolute atomic E-state index is 0.00739. The molecule has 6 heteroatoms. The van der Waals surface area contributed by atoms with E-state index in [0.29, 0.717) is 12.8 Å². The van der Waals surface area contributed by atoms with Gasteiger partial charge in [0, 0.05) is 23.2 Å². The Balaban J connectivity index is 1.78. The van der Waals surface area contributed by atoms with E-state index in [1.165, 1.54) is 0 Å². The lowest BCUT2D eigenvalue weighted by Crippen LogP contribution is -2.60. The molecule has 2 N–H and O–H groups in total. The smallest absolute Gasteiger partial charge is 0.196 e. The predicted molar refractivity (Wildman–Crippen MR) is 98.8 cm³/mol. The quantitative estimate of drug-likeness (QED) is 0.752. The number of hydrogen-bond acceptors (Lipinski definition) is 5. The maximum Gasteiger partial charge on any atom is 0.196 e. The van der Waals surface area contributed by atoms with E-state index < -0.39 is 28.8 Å². The number of halogens is 1. The number of hydrogen-bond donors (Lipinski definition) is 2. The van der Waals surface area contributed by atoms with Crippen molar-refractivity contribution < 1.29 is 24.6 Å². The molecule has 3 saturated carbocycles. The molecule has 0 radical (unpaired) electrons. The molecule has 0 spiro atoms. The van der Waals surface area contributed by atoms with Crippen molar-refractivity contribution in [3.8, 4) is 0 Å². The van der Waals surface area contributed by atoms with Gasteiger partial charge in [-0.25, -0.2) is 0 Å². The van der Waals surface area contributed by atoms with Gasteiger partial charge in [-0.05, 0) is 43.6 Å². The highest BCUT2D eigenvalue weighted by Crippen LogP contribution is 2.66. The first-order valence-corrected chi connectivity index (χ1v) is 9.99. The van der Waals surface area contributed by atoms with Gasteiger partial charge in [-0.1, -0.05) is 37.1 Å². The lowest BCUT2D eigenvalue weighted by molar-refractivity contribution is -0.168. The number of ketones is 3. The van der Waals surface area contributed by atoms with Gasteiger partial charge in [-0.3, -0.25) is 14.4 Å². The fraction of sp³-hybridized carbons (Fsp3) is 0.667. The molecular formula is C21H25ClO5. The van der Waals surface area contributed by atoms with Crippen LogP contribution in [0.3, 0.4) is 0 Å². The highest BCUT2D eigenvalue weighted by atomic mass is 35.5. The monoisotopic (exact) mass is 392 g/mol. The highest BCUT2D eigenvalue weighted by Gasteiger charge is 2.68. The average Bonchev–Trinajstić information content (AvgIpc) is 2.87. The van der Waals surface area contributed by atoms with Crippen molar-refractivity contribution in [1.82, 2.24) is 0 Å². The van der Waals surface area contributed by atoms with Crippen molar-refractivity contribution >= 4 is 29.0 Å². The molecule has 0 aliphatic heterocycles. The highest BCUT2D eigenvalue weighted by molar-refractivity contribution is 6.44. The van der Waals surface area contributed by atoms with E-state index in [9.17, 15) is 24.6 Å². The van der Waals surface area contributed by atoms with Crippen LogP contribution in [0.5, 0.6) is 0 Å². The maximum absolute atomic E-state index is 13.4. The van der Waals surface area contributed by atoms with Gasteiger partial charge in [0.1, 0.15) is 18.0 Å². The first kappa shape index (κ1) is 19.0. The van der Waals surface area contributed by atoms with E-state index in [1.54, 1.807) is 12.2 Å². The summed E-state index contributed by atoms with van der Waals surface area (Å²) in [4.78, 5) is 37.7. The molecule has 0 heterocycles. The van der Waals surface area contributed by atoms with E-state index in [1.807, 2.05) is 13.8 Å². The summed E-state index contributed by atoms with van der Waals surface area (Å²) in [5.41, 5.74) is -2.15. The Labute approximate surface area is 163 Å². The number of allylic oxidation sites excluding steroid dienone is 4. The van der Waals surface area contributed by atoms with Crippen LogP contribution in [0.15, 0.2) is 22.8 Å². The fourth-order valence-corrected chi connectivity index (χ4v) is 6.96. The Bertz CT molecular complexity index is 813. The van der Waals surface area contributed by atoms with Crippen molar-refractivity contribution in [3.63, 3.8) is 0 Å². The second-order valence-corrected chi connectivity index (χ2v) is 9.54. The first-order chi connectivity index (χ1) is 12.6. The Morgan fingerprint density at radius 1 is 1.30 bits per heavy atom. The second-order valence-electron chi connectivity index (χ2n) is 9.14. The number of carbonyl (C=O) groups is 3. The van der Waals surface area contributed by atoms with Crippen molar-refractivity contribution in [3.05, 3.63) is 22.8 Å². The van der Waals surface area contributed by atoms with Crippen molar-refractivity contribution in [2.24, 2.45) is 28.6 Å². The molecule has 0 bridgehead atoms. The van der Waals surface area contributed by atoms with Crippen LogP contribution in [0.4, 0.5) is 0 Å². The minimum atomic E-state index is -1.65. The van der Waals surface area contributed by atoms with Gasteiger partial charge in [-0.15, -0.1) is 0 Å². The van der Waals surface area contributed by atoms with Gasteiger partial charge in [0.2, 0.25) is 0 Å². The largest absolute Gasteiger partial charge is 0.388 e. The zero-order valence-electron chi connectivity index (χ0n) is 15.6. The summed E-state index contributed by atoms with van der Waals surface area (Å²) in [5.74, 6) is -1.05. The lowest BCUT2D eigenvalue weighted by atomic mass is 9.46. The van der Waals surface area contributed by atoms with Crippen molar-refractivity contribution in [1.29, 1.82) is 0 Å². The maximum atomic E-state index is 13.4. The number of aliphatic hydroxyl groups is 2. The van der Waals surface area contributed by atoms with Gasteiger partial charge < -0.3 is 10.2 Å². The summed E-state index contributed by atoms with van der Waals surface area (Å²) in [6.45, 7) is 3.09. The Morgan fingerprint density at radius 2 is 2.00 bits per heavy atom. The summed E-state index contributed by atoms with van der Waals surface area (Å²) < 4.78 is 0. The lowest BCUT2D eigenvalue weighted by Gasteiger charge is -2.56. The molecule has 4 rings (SSSR count). The summed E-state index contributed by atoms with van der Waals surface area (Å²) >= 11 is 6.14. The summed E-state index contributed by atoms with van der Waals surface area (Å²) in [5, 5.41) is 20.7. The van der Waals surface area contributed by atoms with Gasteiger partial charge in [-0.2, -0.15) is 0 Å². The van der Waals surface area contributed by atoms with Crippen LogP contribution in [-0.4, -0.2) is 39.8 Å². The van der Waals surface area contributed by atoms with Crippen LogP contribution in [0.2, 0.25) is 0 Å². The molecular weight excluding hydrogens is 368 g/mol. The van der Waals surface area contributed by atoms with Crippen molar-refractivity contribution in [2.75, 3.05) is 6.61 Å². The van der Waals surface area contributed by atoms with Gasteiger partial charge in [0.15, 0.2) is 11.6 Å². The van der Waals surface area contributed by atoms with E-state index in [0.717, 1.165) is 12.0 Å². The molecule has 27 heavy (non-hydrogen) atoms. The van der Waals surface area contributed by atoms with Gasteiger partial charge in [0.25, 0.3) is 0 Å². The minimum Gasteiger partial charge on any atom is -0.388 e. The van der Waals surface area contributed by atoms with Gasteiger partial charge >= 0.3 is 0 Å². The fourth-order valence-electron chi connectivity index (χ4n) is 6.68. The van der Waals surface area contributed by atoms with E-state index >= 15 is 0 Å². The number of carbonyl (C=O) groups excluding carboxylic acids is 3. The third-order valence-corrected chi connectivity index (χ3v) is 8.37. The number of aliphatic hydroxyl groups excluding tert-OH is 1. The van der Waals surface area contributed by atoms with Crippen molar-refractivity contribution in [2.45, 2.75) is 51.6 Å².